The van der Waals surface area contributed by atoms with E-state index in [4.69, 9.17) is 36.8 Å². The summed E-state index contributed by atoms with van der Waals surface area (Å²) in [5.74, 6) is 20.0. The van der Waals surface area contributed by atoms with Crippen molar-refractivity contribution in [2.75, 3.05) is 0 Å². The zero-order valence-electron chi connectivity index (χ0n) is 18.6. The van der Waals surface area contributed by atoms with Crippen molar-refractivity contribution in [1.29, 1.82) is 0 Å². The molecule has 0 bridgehead atoms. The molecule has 0 unspecified atom stereocenters. The second-order valence-corrected chi connectivity index (χ2v) is 1.89. The van der Waals surface area contributed by atoms with Crippen LogP contribution in [-0.4, -0.2) is 16.0 Å². The van der Waals surface area contributed by atoms with E-state index in [9.17, 15) is 0 Å². The fourth-order valence-corrected chi connectivity index (χ4v) is 0.0722. The predicted molar refractivity (Wildman–Crippen MR) is 142 cm³/mol. The molecule has 0 amide bonds. The van der Waals surface area contributed by atoms with Gasteiger partial charge in [-0.25, -0.2) is 10.5 Å². The first-order chi connectivity index (χ1) is 13.1. The molecule has 0 fully saturated rings. The third kappa shape index (κ3) is 68400. The number of terminal acetylenes is 4. The van der Waals surface area contributed by atoms with E-state index in [0.29, 0.717) is 0 Å². The summed E-state index contributed by atoms with van der Waals surface area (Å²) in [7, 11) is 0. The standard InChI is InChI=1S/C5H4.2C4H6.C3H4.2C2H2.2CH4.2H3N.H2O3.2O2.H2O.Pd/c1-3-5-4-2;2*1-3-4-2;1-3-2;2*1-2;;;;;1-3-2;2*1-2;;/h1H,2H3;2*1-2H3;1H,2H3;2*1-2H;2*1H4;2*1H3;1-2H;;;1H2;. The van der Waals surface area contributed by atoms with Gasteiger partial charge in [0.15, 0.2) is 0 Å². The van der Waals surface area contributed by atoms with E-state index in [-0.39, 0.29) is 53.1 Å². The fraction of sp³-hybridized carbons (Fsp3) is 0.364. The van der Waals surface area contributed by atoms with Crippen LogP contribution in [0.5, 0.6) is 0 Å². The Hall–Kier alpha value is -3.46. The molecule has 0 aliphatic carbocycles. The molecule has 0 atom stereocenters. The Balaban J connectivity index is -0.00000000848. The van der Waals surface area contributed by atoms with Crippen molar-refractivity contribution in [3.8, 4) is 85.9 Å². The summed E-state index contributed by atoms with van der Waals surface area (Å²) in [5.41, 5.74) is 0. The predicted octanol–water partition coefficient (Wildman–Crippen LogP) is 4.69. The molecule has 10 N–H and O–H groups in total. The Bertz CT molecular complexity index is 469. The molecule has 0 spiro atoms. The van der Waals surface area contributed by atoms with Gasteiger partial charge in [0.25, 0.3) is 0 Å². The molecular weight excluding hydrogens is 527 g/mol. The van der Waals surface area contributed by atoms with E-state index in [1.165, 1.54) is 0 Å². The Morgan fingerprint density at radius 3 is 0.727 bits per heavy atom. The maximum Gasteiger partial charge on any atom is 0 e. The minimum atomic E-state index is 0. The van der Waals surface area contributed by atoms with Crippen LogP contribution in [0.15, 0.2) is 0 Å². The van der Waals surface area contributed by atoms with E-state index in [0.717, 1.165) is 0 Å². The molecule has 0 aromatic rings. The Morgan fingerprint density at radius 2 is 0.727 bits per heavy atom. The maximum atomic E-state index is 7.00. The minimum absolute atomic E-state index is 0. The average molecular weight is 569 g/mol. The van der Waals surface area contributed by atoms with Crippen molar-refractivity contribution < 1.29 is 41.5 Å². The Kier molecular flexibility index (Phi) is 2430. The third-order valence-corrected chi connectivity index (χ3v) is 0.697. The Labute approximate surface area is 215 Å². The largest absolute Gasteiger partial charge is 0.412 e. The van der Waals surface area contributed by atoms with Crippen LogP contribution in [0, 0.1) is 106 Å². The van der Waals surface area contributed by atoms with E-state index < -0.39 is 0 Å². The zero-order valence-corrected chi connectivity index (χ0v) is 20.2. The van der Waals surface area contributed by atoms with Crippen LogP contribution >= 0.6 is 0 Å². The van der Waals surface area contributed by atoms with Crippen molar-refractivity contribution in [2.45, 2.75) is 56.4 Å². The molecule has 10 nitrogen and oxygen atoms in total. The third-order valence-electron chi connectivity index (χ3n) is 0.697. The summed E-state index contributed by atoms with van der Waals surface area (Å²) >= 11 is 0. The quantitative estimate of drug-likeness (QED) is 0.137. The van der Waals surface area contributed by atoms with Crippen molar-refractivity contribution in [1.82, 2.24) is 12.3 Å². The molecule has 198 valence electrons. The van der Waals surface area contributed by atoms with Gasteiger partial charge >= 0.3 is 0 Å². The number of hydrogen-bond acceptors (Lipinski definition) is 9. The monoisotopic (exact) mass is 568 g/mol. The van der Waals surface area contributed by atoms with E-state index in [2.05, 4.69) is 84.5 Å². The molecule has 0 saturated carbocycles. The molecule has 33 heavy (non-hydrogen) atoms. The van der Waals surface area contributed by atoms with Gasteiger partial charge in [0.05, 0.1) is 0 Å². The van der Waals surface area contributed by atoms with E-state index in [1.54, 1.807) is 13.8 Å². The average Bonchev–Trinajstić information content (AvgIpc) is 2.76. The minimum Gasteiger partial charge on any atom is -0.412 e. The van der Waals surface area contributed by atoms with Crippen LogP contribution in [0.4, 0.5) is 0 Å². The van der Waals surface area contributed by atoms with Crippen LogP contribution in [-0.2, 0) is 25.5 Å². The van der Waals surface area contributed by atoms with Gasteiger partial charge in [-0.2, -0.15) is 0 Å². The SMILES string of the molecule is C.C.C#C.C#C.C#CC.C#CC#CC.CC#CC.CC#CC.N.N.O.O=O.O=O.OOO.[Pd]. The van der Waals surface area contributed by atoms with Crippen molar-refractivity contribution in [3.63, 3.8) is 0 Å². The molecule has 0 radical (unpaired) electrons. The van der Waals surface area contributed by atoms with Gasteiger partial charge in [0.2, 0.25) is 0 Å². The van der Waals surface area contributed by atoms with Crippen LogP contribution in [0.3, 0.4) is 0 Å². The smallest absolute Gasteiger partial charge is 0 e. The number of rotatable bonds is 0. The number of hydrogen-bond donors (Lipinski definition) is 4. The van der Waals surface area contributed by atoms with E-state index in [1.807, 2.05) is 27.7 Å². The second-order valence-electron chi connectivity index (χ2n) is 1.89. The van der Waals surface area contributed by atoms with Crippen LogP contribution in [0.1, 0.15) is 56.4 Å². The van der Waals surface area contributed by atoms with Crippen molar-refractivity contribution in [3.05, 3.63) is 19.9 Å². The molecule has 0 aliphatic rings. The summed E-state index contributed by atoms with van der Waals surface area (Å²) in [4.78, 5) is 28.0. The van der Waals surface area contributed by atoms with E-state index >= 15 is 0 Å². The zero-order chi connectivity index (χ0) is 24.4. The summed E-state index contributed by atoms with van der Waals surface area (Å²) in [5, 5.41) is 15.5. The van der Waals surface area contributed by atoms with Crippen LogP contribution < -0.4 is 12.3 Å². The maximum absolute atomic E-state index is 7.00. The molecule has 0 saturated heterocycles. The first-order valence-electron chi connectivity index (χ1n) is 5.94. The summed E-state index contributed by atoms with van der Waals surface area (Å²) in [6, 6.07) is 0. The second kappa shape index (κ2) is 705. The van der Waals surface area contributed by atoms with Crippen molar-refractivity contribution in [2.24, 2.45) is 0 Å². The van der Waals surface area contributed by atoms with Gasteiger partial charge in [0, 0.05) is 40.3 Å². The molecular formula is C22H42N2O8Pd. The molecule has 0 aromatic carbocycles. The molecule has 0 rings (SSSR count). The van der Waals surface area contributed by atoms with Gasteiger partial charge in [0.1, 0.15) is 0 Å². The molecule has 11 heteroatoms. The molecule has 0 heterocycles. The van der Waals surface area contributed by atoms with Gasteiger partial charge < -0.3 is 17.8 Å². The van der Waals surface area contributed by atoms with Gasteiger partial charge in [-0.15, -0.1) is 68.1 Å². The van der Waals surface area contributed by atoms with Crippen molar-refractivity contribution >= 4 is 0 Å². The van der Waals surface area contributed by atoms with Crippen LogP contribution in [0.2, 0.25) is 0 Å². The summed E-state index contributed by atoms with van der Waals surface area (Å²) < 4.78 is 0. The van der Waals surface area contributed by atoms with Gasteiger partial charge in [-0.05, 0) is 53.4 Å². The van der Waals surface area contributed by atoms with Crippen LogP contribution in [0.25, 0.3) is 0 Å². The Morgan fingerprint density at radius 1 is 0.606 bits per heavy atom. The first-order valence-corrected chi connectivity index (χ1v) is 5.94. The normalized spacial score (nSPS) is 2.48. The molecule has 0 aromatic heterocycles. The van der Waals surface area contributed by atoms with Gasteiger partial charge in [-0.1, -0.05) is 25.8 Å². The summed E-state index contributed by atoms with van der Waals surface area (Å²) in [6.07, 6.45) is 25.3. The summed E-state index contributed by atoms with van der Waals surface area (Å²) in [6.45, 7) is 10.6. The fourth-order valence-electron chi connectivity index (χ4n) is 0.0722. The topological polar surface area (TPSA) is 219 Å². The first kappa shape index (κ1) is 114. The van der Waals surface area contributed by atoms with Gasteiger partial charge in [-0.3, -0.25) is 0 Å². The molecule has 0 aliphatic heterocycles.